The molecule has 18 heavy (non-hydrogen) atoms. The quantitative estimate of drug-likeness (QED) is 0.864. The first-order valence-corrected chi connectivity index (χ1v) is 8.06. The van der Waals surface area contributed by atoms with Crippen molar-refractivity contribution in [3.63, 3.8) is 0 Å². The number of aliphatic hydroxyl groups is 1. The number of hydrogen-bond donors (Lipinski definition) is 2. The number of benzene rings is 1. The Balaban J connectivity index is 2.05. The molecule has 1 aromatic carbocycles. The summed E-state index contributed by atoms with van der Waals surface area (Å²) < 4.78 is 27.3. The standard InChI is InChI=1S/C12H16BrNO3S/c1-12(15,9-2-3-9)8-14-18(16,17)11-6-4-10(13)5-7-11/h4-7,9,14-15H,2-3,8H2,1H3/t12-/m1/s1. The molecule has 1 aliphatic carbocycles. The van der Waals surface area contributed by atoms with Crippen LogP contribution in [-0.2, 0) is 10.0 Å². The van der Waals surface area contributed by atoms with Crippen molar-refractivity contribution < 1.29 is 13.5 Å². The monoisotopic (exact) mass is 333 g/mol. The first kappa shape index (κ1) is 14.0. The highest BCUT2D eigenvalue weighted by Crippen LogP contribution is 2.39. The van der Waals surface area contributed by atoms with Gasteiger partial charge in [0.15, 0.2) is 0 Å². The Kier molecular flexibility index (Phi) is 3.82. The molecule has 0 saturated heterocycles. The fourth-order valence-corrected chi connectivity index (χ4v) is 3.20. The van der Waals surface area contributed by atoms with Crippen LogP contribution in [0.5, 0.6) is 0 Å². The van der Waals surface area contributed by atoms with E-state index in [2.05, 4.69) is 20.7 Å². The largest absolute Gasteiger partial charge is 0.389 e. The van der Waals surface area contributed by atoms with Crippen molar-refractivity contribution >= 4 is 26.0 Å². The molecule has 0 bridgehead atoms. The Hall–Kier alpha value is -0.430. The van der Waals surface area contributed by atoms with Crippen LogP contribution < -0.4 is 4.72 Å². The lowest BCUT2D eigenvalue weighted by molar-refractivity contribution is 0.0422. The number of sulfonamides is 1. The Bertz CT molecular complexity index is 521. The minimum absolute atomic E-state index is 0.0517. The normalized spacial score (nSPS) is 19.5. The number of halogens is 1. The summed E-state index contributed by atoms with van der Waals surface area (Å²) in [6, 6.07) is 6.40. The third-order valence-electron chi connectivity index (χ3n) is 3.20. The molecule has 0 amide bonds. The minimum atomic E-state index is -3.55. The Morgan fingerprint density at radius 2 is 1.94 bits per heavy atom. The fourth-order valence-electron chi connectivity index (χ4n) is 1.79. The van der Waals surface area contributed by atoms with E-state index >= 15 is 0 Å². The molecule has 0 heterocycles. The molecule has 1 aromatic rings. The molecule has 0 unspecified atom stereocenters. The molecule has 0 aliphatic heterocycles. The van der Waals surface area contributed by atoms with Crippen molar-refractivity contribution in [3.05, 3.63) is 28.7 Å². The summed E-state index contributed by atoms with van der Waals surface area (Å²) >= 11 is 3.26. The van der Waals surface area contributed by atoms with Gasteiger partial charge in [-0.1, -0.05) is 15.9 Å². The van der Waals surface area contributed by atoms with Gasteiger partial charge in [-0.05, 0) is 49.9 Å². The highest BCUT2D eigenvalue weighted by Gasteiger charge is 2.40. The second kappa shape index (κ2) is 4.92. The van der Waals surface area contributed by atoms with Gasteiger partial charge in [0.2, 0.25) is 10.0 Å². The van der Waals surface area contributed by atoms with Crippen molar-refractivity contribution in [2.45, 2.75) is 30.3 Å². The van der Waals surface area contributed by atoms with Crippen molar-refractivity contribution in [2.75, 3.05) is 6.54 Å². The average Bonchev–Trinajstić information content (AvgIpc) is 3.11. The third kappa shape index (κ3) is 3.32. The molecule has 2 rings (SSSR count). The molecule has 100 valence electrons. The zero-order chi connectivity index (χ0) is 13.4. The van der Waals surface area contributed by atoms with Crippen LogP contribution in [0.1, 0.15) is 19.8 Å². The van der Waals surface area contributed by atoms with Crippen molar-refractivity contribution in [1.82, 2.24) is 4.72 Å². The van der Waals surface area contributed by atoms with Crippen LogP contribution in [0.15, 0.2) is 33.6 Å². The molecule has 1 aliphatic rings. The minimum Gasteiger partial charge on any atom is -0.389 e. The van der Waals surface area contributed by atoms with Gasteiger partial charge in [-0.15, -0.1) is 0 Å². The lowest BCUT2D eigenvalue weighted by atomic mass is 10.0. The van der Waals surface area contributed by atoms with E-state index in [1.54, 1.807) is 19.1 Å². The van der Waals surface area contributed by atoms with Crippen LogP contribution in [-0.4, -0.2) is 25.7 Å². The predicted molar refractivity (Wildman–Crippen MR) is 72.7 cm³/mol. The number of nitrogens with one attached hydrogen (secondary N) is 1. The second-order valence-corrected chi connectivity index (χ2v) is 7.59. The molecular weight excluding hydrogens is 318 g/mol. The molecule has 2 N–H and O–H groups in total. The molecule has 0 spiro atoms. The summed E-state index contributed by atoms with van der Waals surface area (Å²) in [5.41, 5.74) is -0.956. The van der Waals surface area contributed by atoms with Crippen LogP contribution in [0.4, 0.5) is 0 Å². The molecule has 0 radical (unpaired) electrons. The van der Waals surface area contributed by atoms with Gasteiger partial charge in [-0.3, -0.25) is 0 Å². The zero-order valence-corrected chi connectivity index (χ0v) is 12.5. The van der Waals surface area contributed by atoms with E-state index in [1.165, 1.54) is 12.1 Å². The Labute approximate surface area is 116 Å². The Morgan fingerprint density at radius 1 is 1.39 bits per heavy atom. The lowest BCUT2D eigenvalue weighted by Gasteiger charge is -2.23. The molecule has 1 saturated carbocycles. The maximum Gasteiger partial charge on any atom is 0.240 e. The zero-order valence-electron chi connectivity index (χ0n) is 10.1. The first-order chi connectivity index (χ1) is 8.31. The maximum absolute atomic E-state index is 12.0. The SMILES string of the molecule is C[C@@](O)(CNS(=O)(=O)c1ccc(Br)cc1)C1CC1. The van der Waals surface area contributed by atoms with E-state index < -0.39 is 15.6 Å². The van der Waals surface area contributed by atoms with Gasteiger partial charge in [0, 0.05) is 11.0 Å². The lowest BCUT2D eigenvalue weighted by Crippen LogP contribution is -2.42. The van der Waals surface area contributed by atoms with E-state index in [1.807, 2.05) is 0 Å². The number of rotatable bonds is 5. The fraction of sp³-hybridized carbons (Fsp3) is 0.500. The third-order valence-corrected chi connectivity index (χ3v) is 5.15. The first-order valence-electron chi connectivity index (χ1n) is 5.79. The van der Waals surface area contributed by atoms with Crippen molar-refractivity contribution in [1.29, 1.82) is 0 Å². The highest BCUT2D eigenvalue weighted by molar-refractivity contribution is 9.10. The maximum atomic E-state index is 12.0. The van der Waals surface area contributed by atoms with Gasteiger partial charge < -0.3 is 5.11 Å². The van der Waals surface area contributed by atoms with Gasteiger partial charge in [0.25, 0.3) is 0 Å². The van der Waals surface area contributed by atoms with Gasteiger partial charge >= 0.3 is 0 Å². The summed E-state index contributed by atoms with van der Waals surface area (Å²) in [4.78, 5) is 0.206. The van der Waals surface area contributed by atoms with Gasteiger partial charge in [-0.25, -0.2) is 13.1 Å². The van der Waals surface area contributed by atoms with E-state index in [4.69, 9.17) is 0 Å². The summed E-state index contributed by atoms with van der Waals surface area (Å²) in [5.74, 6) is 0.213. The number of hydrogen-bond acceptors (Lipinski definition) is 3. The van der Waals surface area contributed by atoms with Crippen LogP contribution in [0.25, 0.3) is 0 Å². The summed E-state index contributed by atoms with van der Waals surface area (Å²) in [5, 5.41) is 10.1. The topological polar surface area (TPSA) is 66.4 Å². The second-order valence-electron chi connectivity index (χ2n) is 4.91. The summed E-state index contributed by atoms with van der Waals surface area (Å²) in [7, 11) is -3.55. The molecule has 1 fully saturated rings. The smallest absolute Gasteiger partial charge is 0.240 e. The van der Waals surface area contributed by atoms with Crippen LogP contribution >= 0.6 is 15.9 Å². The van der Waals surface area contributed by atoms with Gasteiger partial charge in [0.1, 0.15) is 0 Å². The van der Waals surface area contributed by atoms with Gasteiger partial charge in [0.05, 0.1) is 10.5 Å². The average molecular weight is 334 g/mol. The summed E-state index contributed by atoms with van der Waals surface area (Å²) in [6.07, 6.45) is 1.93. The molecule has 6 heteroatoms. The Morgan fingerprint density at radius 3 is 2.44 bits per heavy atom. The van der Waals surface area contributed by atoms with Crippen LogP contribution in [0.2, 0.25) is 0 Å². The van der Waals surface area contributed by atoms with E-state index in [0.29, 0.717) is 0 Å². The molecule has 0 aromatic heterocycles. The molecule has 1 atom stereocenters. The van der Waals surface area contributed by atoms with Crippen LogP contribution in [0.3, 0.4) is 0 Å². The van der Waals surface area contributed by atoms with E-state index in [9.17, 15) is 13.5 Å². The van der Waals surface area contributed by atoms with Crippen molar-refractivity contribution in [2.24, 2.45) is 5.92 Å². The van der Waals surface area contributed by atoms with Gasteiger partial charge in [-0.2, -0.15) is 0 Å². The van der Waals surface area contributed by atoms with E-state index in [-0.39, 0.29) is 17.4 Å². The highest BCUT2D eigenvalue weighted by atomic mass is 79.9. The van der Waals surface area contributed by atoms with E-state index in [0.717, 1.165) is 17.3 Å². The predicted octanol–water partition coefficient (Wildman–Crippen LogP) is 1.89. The molecule has 4 nitrogen and oxygen atoms in total. The molecular formula is C12H16BrNO3S. The van der Waals surface area contributed by atoms with Crippen LogP contribution in [0, 0.1) is 5.92 Å². The van der Waals surface area contributed by atoms with Crippen molar-refractivity contribution in [3.8, 4) is 0 Å². The summed E-state index contributed by atoms with van der Waals surface area (Å²) in [6.45, 7) is 1.73.